The number of rotatable bonds is 4. The number of aliphatic carboxylic acids is 1. The summed E-state index contributed by atoms with van der Waals surface area (Å²) in [6.07, 6.45) is 0.285. The summed E-state index contributed by atoms with van der Waals surface area (Å²) in [5.74, 6) is -1.24. The monoisotopic (exact) mass is 181 g/mol. The molecule has 0 radical (unpaired) electrons. The van der Waals surface area contributed by atoms with Gasteiger partial charge in [0.05, 0.1) is 0 Å². The van der Waals surface area contributed by atoms with Crippen molar-refractivity contribution in [3.63, 3.8) is 0 Å². The van der Waals surface area contributed by atoms with Crippen LogP contribution in [0.2, 0.25) is 0 Å². The Bertz CT molecular complexity index is 149. The summed E-state index contributed by atoms with van der Waals surface area (Å²) >= 11 is 0. The third kappa shape index (κ3) is 5.82. The molecule has 0 aromatic carbocycles. The summed E-state index contributed by atoms with van der Waals surface area (Å²) in [6, 6.07) is -1.03. The normalized spacial score (nSPS) is 11.5. The molecule has 0 aliphatic rings. The van der Waals surface area contributed by atoms with Gasteiger partial charge in [-0.25, -0.2) is 0 Å². The van der Waals surface area contributed by atoms with Crippen molar-refractivity contribution in [1.82, 2.24) is 0 Å². The average Bonchev–Trinajstić information content (AvgIpc) is 1.87. The molecule has 0 aliphatic heterocycles. The molecular formula is C6H12ClNO3. The highest BCUT2D eigenvalue weighted by Crippen LogP contribution is 1.92. The first kappa shape index (κ1) is 13.0. The Morgan fingerprint density at radius 3 is 2.27 bits per heavy atom. The van der Waals surface area contributed by atoms with E-state index in [9.17, 15) is 9.59 Å². The van der Waals surface area contributed by atoms with Crippen LogP contribution in [0.4, 0.5) is 0 Å². The molecule has 11 heavy (non-hydrogen) atoms. The molecule has 0 bridgehead atoms. The molecule has 5 heteroatoms. The second kappa shape index (κ2) is 6.12. The number of carbonyl (C=O) groups is 2. The summed E-state index contributed by atoms with van der Waals surface area (Å²) < 4.78 is 0. The molecule has 0 fully saturated rings. The predicted molar refractivity (Wildman–Crippen MR) is 42.8 cm³/mol. The largest absolute Gasteiger partial charge is 0.480 e. The number of ketones is 1. The van der Waals surface area contributed by atoms with Crippen LogP contribution in [0.15, 0.2) is 0 Å². The fraction of sp³-hybridized carbons (Fsp3) is 0.667. The summed E-state index contributed by atoms with van der Waals surface area (Å²) in [4.78, 5) is 20.7. The van der Waals surface area contributed by atoms with Crippen LogP contribution in [0.25, 0.3) is 0 Å². The lowest BCUT2D eigenvalue weighted by Crippen LogP contribution is -2.32. The van der Waals surface area contributed by atoms with E-state index < -0.39 is 12.0 Å². The highest BCUT2D eigenvalue weighted by atomic mass is 35.5. The van der Waals surface area contributed by atoms with E-state index in [0.717, 1.165) is 0 Å². The van der Waals surface area contributed by atoms with Gasteiger partial charge in [0, 0.05) is 12.8 Å². The molecule has 0 aliphatic carbocycles. The first-order chi connectivity index (χ1) is 4.57. The van der Waals surface area contributed by atoms with Gasteiger partial charge in [-0.1, -0.05) is 6.92 Å². The van der Waals surface area contributed by atoms with Crippen LogP contribution >= 0.6 is 12.4 Å². The van der Waals surface area contributed by atoms with Crippen LogP contribution < -0.4 is 5.73 Å². The Morgan fingerprint density at radius 2 is 2.00 bits per heavy atom. The smallest absolute Gasteiger partial charge is 0.320 e. The van der Waals surface area contributed by atoms with E-state index in [1.165, 1.54) is 0 Å². The number of nitrogens with two attached hydrogens (primary N) is 1. The van der Waals surface area contributed by atoms with Gasteiger partial charge < -0.3 is 10.8 Å². The van der Waals surface area contributed by atoms with Gasteiger partial charge in [0.2, 0.25) is 0 Å². The third-order valence-corrected chi connectivity index (χ3v) is 1.16. The van der Waals surface area contributed by atoms with Gasteiger partial charge in [-0.05, 0) is 0 Å². The first-order valence-electron chi connectivity index (χ1n) is 3.08. The van der Waals surface area contributed by atoms with Crippen LogP contribution in [0.1, 0.15) is 19.8 Å². The molecule has 1 atom stereocenters. The van der Waals surface area contributed by atoms with Crippen molar-refractivity contribution < 1.29 is 14.7 Å². The summed E-state index contributed by atoms with van der Waals surface area (Å²) in [7, 11) is 0. The van der Waals surface area contributed by atoms with E-state index in [1.54, 1.807) is 6.92 Å². The molecule has 0 heterocycles. The summed E-state index contributed by atoms with van der Waals surface area (Å²) in [6.45, 7) is 1.68. The van der Waals surface area contributed by atoms with Crippen molar-refractivity contribution in [2.45, 2.75) is 25.8 Å². The van der Waals surface area contributed by atoms with Crippen molar-refractivity contribution in [3.8, 4) is 0 Å². The molecular weight excluding hydrogens is 170 g/mol. The van der Waals surface area contributed by atoms with Crippen molar-refractivity contribution in [1.29, 1.82) is 0 Å². The highest BCUT2D eigenvalue weighted by Gasteiger charge is 2.14. The number of hydrogen-bond donors (Lipinski definition) is 2. The van der Waals surface area contributed by atoms with Gasteiger partial charge in [-0.2, -0.15) is 0 Å². The van der Waals surface area contributed by atoms with Gasteiger partial charge in [-0.3, -0.25) is 9.59 Å². The van der Waals surface area contributed by atoms with Crippen molar-refractivity contribution in [2.24, 2.45) is 5.73 Å². The van der Waals surface area contributed by atoms with E-state index in [4.69, 9.17) is 10.8 Å². The standard InChI is InChI=1S/C6H11NO3.ClH/c1-2-4(8)3-5(7)6(9)10;/h5H,2-3,7H2,1H3,(H,9,10);1H. The van der Waals surface area contributed by atoms with Crippen LogP contribution in [0.3, 0.4) is 0 Å². The minimum absolute atomic E-state index is 0. The Morgan fingerprint density at radius 1 is 1.55 bits per heavy atom. The molecule has 3 N–H and O–H groups in total. The molecule has 4 nitrogen and oxygen atoms in total. The van der Waals surface area contributed by atoms with E-state index in [0.29, 0.717) is 6.42 Å². The van der Waals surface area contributed by atoms with E-state index in [1.807, 2.05) is 0 Å². The Balaban J connectivity index is 0. The number of hydrogen-bond acceptors (Lipinski definition) is 3. The number of carbonyl (C=O) groups excluding carboxylic acids is 1. The quantitative estimate of drug-likeness (QED) is 0.649. The highest BCUT2D eigenvalue weighted by molar-refractivity contribution is 5.85. The Kier molecular flexibility index (Phi) is 7.24. The predicted octanol–water partition coefficient (Wildman–Crippen LogP) is 0.189. The average molecular weight is 182 g/mol. The zero-order chi connectivity index (χ0) is 8.15. The van der Waals surface area contributed by atoms with Crippen molar-refractivity contribution in [2.75, 3.05) is 0 Å². The fourth-order valence-electron chi connectivity index (χ4n) is 0.477. The number of Topliss-reactive ketones (excluding diaryl/α,β-unsaturated/α-hetero) is 1. The minimum atomic E-state index is -1.12. The fourth-order valence-corrected chi connectivity index (χ4v) is 0.477. The van der Waals surface area contributed by atoms with Gasteiger partial charge >= 0.3 is 5.97 Å². The van der Waals surface area contributed by atoms with Crippen molar-refractivity contribution >= 4 is 24.2 Å². The van der Waals surface area contributed by atoms with Gasteiger partial charge in [0.1, 0.15) is 11.8 Å². The lowest BCUT2D eigenvalue weighted by Gasteiger charge is -2.02. The SMILES string of the molecule is CCC(=O)CC(N)C(=O)O.Cl. The zero-order valence-corrected chi connectivity index (χ0v) is 7.06. The Labute approximate surface area is 71.2 Å². The van der Waals surface area contributed by atoms with Crippen LogP contribution in [-0.2, 0) is 9.59 Å². The lowest BCUT2D eigenvalue weighted by molar-refractivity contribution is -0.140. The maximum atomic E-state index is 10.6. The minimum Gasteiger partial charge on any atom is -0.480 e. The maximum absolute atomic E-state index is 10.6. The first-order valence-corrected chi connectivity index (χ1v) is 3.08. The zero-order valence-electron chi connectivity index (χ0n) is 6.24. The van der Waals surface area contributed by atoms with Gasteiger partial charge in [0.25, 0.3) is 0 Å². The number of halogens is 1. The summed E-state index contributed by atoms with van der Waals surface area (Å²) in [5, 5.41) is 8.25. The van der Waals surface area contributed by atoms with E-state index in [2.05, 4.69) is 0 Å². The second-order valence-electron chi connectivity index (χ2n) is 2.04. The number of carboxylic acid groups (broad SMARTS) is 1. The molecule has 0 aromatic heterocycles. The molecule has 0 saturated heterocycles. The van der Waals surface area contributed by atoms with Crippen LogP contribution in [0.5, 0.6) is 0 Å². The molecule has 0 spiro atoms. The molecule has 0 rings (SSSR count). The Hall–Kier alpha value is -0.610. The van der Waals surface area contributed by atoms with Gasteiger partial charge in [0.15, 0.2) is 0 Å². The molecule has 0 saturated carbocycles. The molecule has 1 unspecified atom stereocenters. The van der Waals surface area contributed by atoms with Crippen molar-refractivity contribution in [3.05, 3.63) is 0 Å². The topological polar surface area (TPSA) is 80.4 Å². The maximum Gasteiger partial charge on any atom is 0.320 e. The van der Waals surface area contributed by atoms with Crippen LogP contribution in [0, 0.1) is 0 Å². The van der Waals surface area contributed by atoms with E-state index >= 15 is 0 Å². The summed E-state index contributed by atoms with van der Waals surface area (Å²) in [5.41, 5.74) is 5.07. The third-order valence-electron chi connectivity index (χ3n) is 1.16. The molecule has 66 valence electrons. The second-order valence-corrected chi connectivity index (χ2v) is 2.04. The lowest BCUT2D eigenvalue weighted by atomic mass is 10.1. The van der Waals surface area contributed by atoms with E-state index in [-0.39, 0.29) is 24.6 Å². The molecule has 0 amide bonds. The number of carboxylic acids is 1. The van der Waals surface area contributed by atoms with Crippen LogP contribution in [-0.4, -0.2) is 22.9 Å². The molecule has 0 aromatic rings. The van der Waals surface area contributed by atoms with Gasteiger partial charge in [-0.15, -0.1) is 12.4 Å².